The van der Waals surface area contributed by atoms with Gasteiger partial charge >= 0.3 is 0 Å². The van der Waals surface area contributed by atoms with Gasteiger partial charge in [0, 0.05) is 17.8 Å². The number of benzene rings is 2. The van der Waals surface area contributed by atoms with Gasteiger partial charge in [0.15, 0.2) is 0 Å². The van der Waals surface area contributed by atoms with E-state index in [-0.39, 0.29) is 5.91 Å². The van der Waals surface area contributed by atoms with Crippen LogP contribution in [0.25, 0.3) is 0 Å². The van der Waals surface area contributed by atoms with Crippen LogP contribution in [0.3, 0.4) is 0 Å². The van der Waals surface area contributed by atoms with E-state index >= 15 is 0 Å². The Kier molecular flexibility index (Phi) is 5.12. The molecule has 1 aromatic heterocycles. The largest absolute Gasteiger partial charge is 0.340 e. The van der Waals surface area contributed by atoms with Crippen LogP contribution in [0, 0.1) is 0 Å². The van der Waals surface area contributed by atoms with E-state index in [1.165, 1.54) is 0 Å². The second-order valence-corrected chi connectivity index (χ2v) is 6.65. The summed E-state index contributed by atoms with van der Waals surface area (Å²) in [5.41, 5.74) is 3.49. The minimum Gasteiger partial charge on any atom is -0.340 e. The predicted molar refractivity (Wildman–Crippen MR) is 109 cm³/mol. The number of hydrogen-bond acceptors (Lipinski definition) is 4. The third-order valence-electron chi connectivity index (χ3n) is 4.77. The molecule has 5 nitrogen and oxygen atoms in total. The number of nitrogens with zero attached hydrogens (tertiary/aromatic N) is 1. The Labute approximate surface area is 158 Å². The third kappa shape index (κ3) is 4.15. The van der Waals surface area contributed by atoms with Crippen molar-refractivity contribution in [1.29, 1.82) is 0 Å². The summed E-state index contributed by atoms with van der Waals surface area (Å²) >= 11 is 0. The van der Waals surface area contributed by atoms with Crippen molar-refractivity contribution in [2.75, 3.05) is 23.7 Å². The molecule has 1 aliphatic heterocycles. The van der Waals surface area contributed by atoms with Gasteiger partial charge < -0.3 is 16.0 Å². The summed E-state index contributed by atoms with van der Waals surface area (Å²) in [6.07, 6.45) is 2.73. The number of anilines is 3. The van der Waals surface area contributed by atoms with E-state index in [9.17, 15) is 4.79 Å². The highest BCUT2D eigenvalue weighted by Gasteiger charge is 2.22. The lowest BCUT2D eigenvalue weighted by molar-refractivity contribution is 0.102. The summed E-state index contributed by atoms with van der Waals surface area (Å²) in [6, 6.07) is 21.4. The Morgan fingerprint density at radius 1 is 0.963 bits per heavy atom. The van der Waals surface area contributed by atoms with Crippen LogP contribution in [-0.4, -0.2) is 24.0 Å². The highest BCUT2D eigenvalue weighted by Crippen LogP contribution is 2.26. The number of nitrogens with one attached hydrogen (secondary N) is 3. The number of hydrogen-bond donors (Lipinski definition) is 3. The van der Waals surface area contributed by atoms with Gasteiger partial charge in [0.05, 0.1) is 11.9 Å². The molecule has 1 aliphatic rings. The van der Waals surface area contributed by atoms with Gasteiger partial charge in [0.25, 0.3) is 5.91 Å². The molecule has 5 heteroatoms. The van der Waals surface area contributed by atoms with Gasteiger partial charge in [-0.25, -0.2) is 4.98 Å². The van der Waals surface area contributed by atoms with Crippen LogP contribution in [-0.2, 0) is 0 Å². The quantitative estimate of drug-likeness (QED) is 0.641. The van der Waals surface area contributed by atoms with E-state index in [2.05, 4.69) is 27.0 Å². The van der Waals surface area contributed by atoms with Crippen LogP contribution in [0.2, 0.25) is 0 Å². The minimum atomic E-state index is -0.0944. The van der Waals surface area contributed by atoms with Crippen LogP contribution in [0.4, 0.5) is 17.2 Å². The highest BCUT2D eigenvalue weighted by molar-refractivity contribution is 6.05. The Balaban J connectivity index is 1.46. The normalized spacial score (nSPS) is 16.1. The van der Waals surface area contributed by atoms with E-state index in [4.69, 9.17) is 0 Å². The molecular formula is C22H22N4O. The van der Waals surface area contributed by atoms with Crippen LogP contribution < -0.4 is 16.0 Å². The highest BCUT2D eigenvalue weighted by atomic mass is 16.1. The van der Waals surface area contributed by atoms with E-state index in [0.717, 1.165) is 42.1 Å². The number of carbonyl (C=O) groups is 1. The molecule has 136 valence electrons. The Hall–Kier alpha value is -3.18. The first-order valence-corrected chi connectivity index (χ1v) is 9.19. The van der Waals surface area contributed by atoms with Gasteiger partial charge in [-0.1, -0.05) is 36.4 Å². The molecule has 1 atom stereocenters. The fourth-order valence-electron chi connectivity index (χ4n) is 3.39. The molecule has 3 aromatic rings. The molecule has 1 saturated heterocycles. The van der Waals surface area contributed by atoms with Crippen molar-refractivity contribution in [2.24, 2.45) is 0 Å². The monoisotopic (exact) mass is 358 g/mol. The smallest absolute Gasteiger partial charge is 0.255 e. The van der Waals surface area contributed by atoms with E-state index < -0.39 is 0 Å². The summed E-state index contributed by atoms with van der Waals surface area (Å²) in [7, 11) is 0. The molecule has 0 radical (unpaired) electrons. The molecule has 3 N–H and O–H groups in total. The van der Waals surface area contributed by atoms with Gasteiger partial charge in [0.1, 0.15) is 5.82 Å². The lowest BCUT2D eigenvalue weighted by Crippen LogP contribution is -2.17. The lowest BCUT2D eigenvalue weighted by Gasteiger charge is -2.14. The van der Waals surface area contributed by atoms with E-state index in [1.54, 1.807) is 6.20 Å². The summed E-state index contributed by atoms with van der Waals surface area (Å²) in [5.74, 6) is 1.03. The van der Waals surface area contributed by atoms with Crippen molar-refractivity contribution in [3.8, 4) is 0 Å². The molecule has 1 amide bonds. The average molecular weight is 358 g/mol. The second-order valence-electron chi connectivity index (χ2n) is 6.65. The first kappa shape index (κ1) is 17.2. The topological polar surface area (TPSA) is 66.0 Å². The zero-order valence-corrected chi connectivity index (χ0v) is 15.0. The van der Waals surface area contributed by atoms with E-state index in [0.29, 0.717) is 11.6 Å². The summed E-state index contributed by atoms with van der Waals surface area (Å²) in [4.78, 5) is 17.2. The Morgan fingerprint density at radius 3 is 2.52 bits per heavy atom. The molecule has 1 unspecified atom stereocenters. The standard InChI is InChI=1S/C22H22N4O/c27-22(20-9-5-4-8-19(20)16-12-13-23-14-16)26-18-10-11-21(24-15-18)25-17-6-2-1-3-7-17/h1-11,15-16,23H,12-14H2,(H,24,25)(H,26,27). The number of carbonyl (C=O) groups excluding carboxylic acids is 1. The van der Waals surface area contributed by atoms with Crippen molar-refractivity contribution in [3.63, 3.8) is 0 Å². The molecule has 1 fully saturated rings. The molecule has 4 rings (SSSR count). The van der Waals surface area contributed by atoms with Crippen molar-refractivity contribution < 1.29 is 4.79 Å². The van der Waals surface area contributed by atoms with Gasteiger partial charge in [0.2, 0.25) is 0 Å². The van der Waals surface area contributed by atoms with Gasteiger partial charge in [-0.3, -0.25) is 4.79 Å². The van der Waals surface area contributed by atoms with Crippen molar-refractivity contribution >= 4 is 23.1 Å². The Bertz CT molecular complexity index is 903. The van der Waals surface area contributed by atoms with Crippen LogP contribution in [0.15, 0.2) is 72.9 Å². The van der Waals surface area contributed by atoms with Crippen molar-refractivity contribution in [2.45, 2.75) is 12.3 Å². The third-order valence-corrected chi connectivity index (χ3v) is 4.77. The fraction of sp³-hybridized carbons (Fsp3) is 0.182. The molecular weight excluding hydrogens is 336 g/mol. The Morgan fingerprint density at radius 2 is 1.78 bits per heavy atom. The maximum atomic E-state index is 12.8. The number of para-hydroxylation sites is 1. The summed E-state index contributed by atoms with van der Waals surface area (Å²) < 4.78 is 0. The fourth-order valence-corrected chi connectivity index (χ4v) is 3.39. The maximum absolute atomic E-state index is 12.8. The number of pyridine rings is 1. The number of aromatic nitrogens is 1. The molecule has 2 aromatic carbocycles. The van der Waals surface area contributed by atoms with Gasteiger partial charge in [-0.2, -0.15) is 0 Å². The van der Waals surface area contributed by atoms with Crippen LogP contribution in [0.5, 0.6) is 0 Å². The number of amides is 1. The molecule has 2 heterocycles. The molecule has 0 saturated carbocycles. The zero-order valence-electron chi connectivity index (χ0n) is 15.0. The maximum Gasteiger partial charge on any atom is 0.255 e. The summed E-state index contributed by atoms with van der Waals surface area (Å²) in [6.45, 7) is 1.92. The second kappa shape index (κ2) is 8.01. The van der Waals surface area contributed by atoms with Crippen molar-refractivity contribution in [3.05, 3.63) is 84.1 Å². The first-order valence-electron chi connectivity index (χ1n) is 9.19. The average Bonchev–Trinajstić information content (AvgIpc) is 3.25. The van der Waals surface area contributed by atoms with Gasteiger partial charge in [-0.05, 0) is 54.8 Å². The first-order chi connectivity index (χ1) is 13.3. The number of rotatable bonds is 5. The molecule has 27 heavy (non-hydrogen) atoms. The van der Waals surface area contributed by atoms with Gasteiger partial charge in [-0.15, -0.1) is 0 Å². The molecule has 0 spiro atoms. The summed E-state index contributed by atoms with van der Waals surface area (Å²) in [5, 5.41) is 9.56. The predicted octanol–water partition coefficient (Wildman–Crippen LogP) is 4.15. The van der Waals surface area contributed by atoms with Crippen LogP contribution in [0.1, 0.15) is 28.3 Å². The lowest BCUT2D eigenvalue weighted by atomic mass is 9.93. The minimum absolute atomic E-state index is 0.0944. The SMILES string of the molecule is O=C(Nc1ccc(Nc2ccccc2)nc1)c1ccccc1C1CCNC1. The van der Waals surface area contributed by atoms with Crippen molar-refractivity contribution in [1.82, 2.24) is 10.3 Å². The molecule has 0 bridgehead atoms. The zero-order chi connectivity index (χ0) is 18.5. The van der Waals surface area contributed by atoms with Crippen LogP contribution >= 0.6 is 0 Å². The van der Waals surface area contributed by atoms with E-state index in [1.807, 2.05) is 60.7 Å². The molecule has 0 aliphatic carbocycles.